The van der Waals surface area contributed by atoms with Crippen LogP contribution in [0.4, 0.5) is 0 Å². The lowest BCUT2D eigenvalue weighted by Crippen LogP contribution is -2.39. The molecule has 19 heavy (non-hydrogen) atoms. The molecule has 0 aromatic carbocycles. The third kappa shape index (κ3) is 5.19. The molecule has 0 unspecified atom stereocenters. The van der Waals surface area contributed by atoms with Crippen LogP contribution in [0.15, 0.2) is 16.3 Å². The van der Waals surface area contributed by atoms with Crippen LogP contribution in [0.25, 0.3) is 0 Å². The summed E-state index contributed by atoms with van der Waals surface area (Å²) >= 11 is 1.44. The minimum atomic E-state index is -3.46. The first-order chi connectivity index (χ1) is 8.80. The van der Waals surface area contributed by atoms with Crippen molar-refractivity contribution in [1.29, 1.82) is 0 Å². The first kappa shape index (κ1) is 16.6. The lowest BCUT2D eigenvalue weighted by molar-refractivity contribution is 0.0276. The van der Waals surface area contributed by atoms with Crippen molar-refractivity contribution >= 4 is 21.4 Å². The third-order valence-corrected chi connectivity index (χ3v) is 5.20. The molecule has 1 aromatic rings. The highest BCUT2D eigenvalue weighted by molar-refractivity contribution is 7.89. The highest BCUT2D eigenvalue weighted by atomic mass is 32.2. The van der Waals surface area contributed by atoms with Gasteiger partial charge in [0, 0.05) is 30.5 Å². The molecule has 0 atom stereocenters. The fourth-order valence-electron chi connectivity index (χ4n) is 1.27. The van der Waals surface area contributed by atoms with Gasteiger partial charge in [0.2, 0.25) is 10.0 Å². The summed E-state index contributed by atoms with van der Waals surface area (Å²) in [5, 5.41) is 4.83. The van der Waals surface area contributed by atoms with Gasteiger partial charge in [-0.2, -0.15) is 0 Å². The maximum atomic E-state index is 12.1. The number of sulfonamides is 1. The molecule has 0 saturated heterocycles. The number of ether oxygens (including phenoxy) is 1. The van der Waals surface area contributed by atoms with Crippen molar-refractivity contribution in [3.63, 3.8) is 0 Å². The lowest BCUT2D eigenvalue weighted by atomic mass is 10.1. The highest BCUT2D eigenvalue weighted by Crippen LogP contribution is 2.19. The Balaban J connectivity index is 2.69. The van der Waals surface area contributed by atoms with Crippen LogP contribution in [0.2, 0.25) is 0 Å². The van der Waals surface area contributed by atoms with Crippen LogP contribution in [0.3, 0.4) is 0 Å². The summed E-state index contributed by atoms with van der Waals surface area (Å²) in [6.45, 7) is 7.48. The average molecular weight is 306 g/mol. The zero-order chi connectivity index (χ0) is 14.5. The first-order valence-electron chi connectivity index (χ1n) is 6.13. The van der Waals surface area contributed by atoms with Crippen molar-refractivity contribution < 1.29 is 13.2 Å². The minimum absolute atomic E-state index is 0.240. The second-order valence-electron chi connectivity index (χ2n) is 4.82. The van der Waals surface area contributed by atoms with Crippen molar-refractivity contribution in [2.75, 3.05) is 20.2 Å². The van der Waals surface area contributed by atoms with E-state index in [9.17, 15) is 8.42 Å². The topological polar surface area (TPSA) is 67.4 Å². The van der Waals surface area contributed by atoms with Gasteiger partial charge >= 0.3 is 0 Å². The molecular formula is C12H22N2O3S2. The Kier molecular flexibility index (Phi) is 5.94. The fraction of sp³-hybridized carbons (Fsp3) is 0.667. The molecule has 0 bridgehead atoms. The molecule has 1 heterocycles. The molecule has 0 radical (unpaired) electrons. The van der Waals surface area contributed by atoms with E-state index in [1.807, 2.05) is 20.8 Å². The molecule has 0 aliphatic rings. The molecule has 7 heteroatoms. The summed E-state index contributed by atoms with van der Waals surface area (Å²) in [5.41, 5.74) is -0.518. The van der Waals surface area contributed by atoms with E-state index in [0.29, 0.717) is 11.4 Å². The second kappa shape index (κ2) is 6.81. The Labute approximate surface area is 119 Å². The maximum absolute atomic E-state index is 12.1. The predicted molar refractivity (Wildman–Crippen MR) is 78.0 cm³/mol. The number of methoxy groups -OCH3 is 1. The molecule has 0 fully saturated rings. The van der Waals surface area contributed by atoms with Gasteiger partial charge in [0.05, 0.1) is 10.5 Å². The smallest absolute Gasteiger partial charge is 0.241 e. The van der Waals surface area contributed by atoms with Gasteiger partial charge in [-0.25, -0.2) is 13.1 Å². The Morgan fingerprint density at radius 2 is 2.11 bits per heavy atom. The Morgan fingerprint density at radius 3 is 2.68 bits per heavy atom. The van der Waals surface area contributed by atoms with E-state index in [0.717, 1.165) is 11.4 Å². The molecule has 0 spiro atoms. The van der Waals surface area contributed by atoms with Crippen molar-refractivity contribution in [2.24, 2.45) is 0 Å². The maximum Gasteiger partial charge on any atom is 0.241 e. The number of hydrogen-bond acceptors (Lipinski definition) is 5. The van der Waals surface area contributed by atoms with Crippen molar-refractivity contribution in [3.8, 4) is 0 Å². The highest BCUT2D eigenvalue weighted by Gasteiger charge is 2.22. The van der Waals surface area contributed by atoms with Crippen molar-refractivity contribution in [1.82, 2.24) is 10.0 Å². The van der Waals surface area contributed by atoms with Crippen molar-refractivity contribution in [3.05, 3.63) is 16.3 Å². The van der Waals surface area contributed by atoms with Gasteiger partial charge in [-0.1, -0.05) is 6.92 Å². The number of hydrogen-bond donors (Lipinski definition) is 2. The molecular weight excluding hydrogens is 284 g/mol. The van der Waals surface area contributed by atoms with Gasteiger partial charge in [0.15, 0.2) is 0 Å². The average Bonchev–Trinajstić information content (AvgIpc) is 2.84. The molecule has 0 saturated carbocycles. The van der Waals surface area contributed by atoms with E-state index in [1.165, 1.54) is 11.3 Å². The van der Waals surface area contributed by atoms with Gasteiger partial charge in [-0.15, -0.1) is 11.3 Å². The lowest BCUT2D eigenvalue weighted by Gasteiger charge is -2.22. The fourth-order valence-corrected chi connectivity index (χ4v) is 3.71. The van der Waals surface area contributed by atoms with Crippen LogP contribution in [0.1, 0.15) is 25.6 Å². The standard InChI is InChI=1S/C12H22N2O3S2/c1-5-13-7-10-6-11(8-18-10)19(15,16)14-9-12(2,3)17-4/h6,8,13-14H,5,7,9H2,1-4H3. The van der Waals surface area contributed by atoms with Gasteiger partial charge in [-0.05, 0) is 26.5 Å². The SMILES string of the molecule is CCNCc1cc(S(=O)(=O)NCC(C)(C)OC)cs1. The number of rotatable bonds is 8. The summed E-state index contributed by atoms with van der Waals surface area (Å²) in [4.78, 5) is 1.32. The molecule has 0 aliphatic heterocycles. The molecule has 110 valence electrons. The zero-order valence-corrected chi connectivity index (χ0v) is 13.5. The van der Waals surface area contributed by atoms with Gasteiger partial charge in [0.25, 0.3) is 0 Å². The van der Waals surface area contributed by atoms with Crippen LogP contribution >= 0.6 is 11.3 Å². The summed E-state index contributed by atoms with van der Waals surface area (Å²) in [6, 6.07) is 1.70. The molecule has 2 N–H and O–H groups in total. The van der Waals surface area contributed by atoms with Gasteiger partial charge < -0.3 is 10.1 Å². The quantitative estimate of drug-likeness (QED) is 0.765. The van der Waals surface area contributed by atoms with Gasteiger partial charge in [0.1, 0.15) is 0 Å². The third-order valence-electron chi connectivity index (χ3n) is 2.73. The first-order valence-corrected chi connectivity index (χ1v) is 8.50. The monoisotopic (exact) mass is 306 g/mol. The van der Waals surface area contributed by atoms with E-state index in [1.54, 1.807) is 18.6 Å². The number of thiophene rings is 1. The zero-order valence-electron chi connectivity index (χ0n) is 11.8. The minimum Gasteiger partial charge on any atom is -0.377 e. The van der Waals surface area contributed by atoms with Crippen LogP contribution in [-0.4, -0.2) is 34.2 Å². The Hall–Kier alpha value is -0.470. The summed E-state index contributed by atoms with van der Waals surface area (Å²) in [6.07, 6.45) is 0. The summed E-state index contributed by atoms with van der Waals surface area (Å²) in [7, 11) is -1.89. The van der Waals surface area contributed by atoms with Gasteiger partial charge in [-0.3, -0.25) is 0 Å². The molecule has 1 rings (SSSR count). The summed E-state index contributed by atoms with van der Waals surface area (Å²) < 4.78 is 32.0. The van der Waals surface area contributed by atoms with E-state index in [-0.39, 0.29) is 6.54 Å². The molecule has 0 aliphatic carbocycles. The normalized spacial score (nSPS) is 12.8. The predicted octanol–water partition coefficient (Wildman–Crippen LogP) is 1.56. The molecule has 5 nitrogen and oxygen atoms in total. The van der Waals surface area contributed by atoms with E-state index in [4.69, 9.17) is 4.74 Å². The van der Waals surface area contributed by atoms with Crippen LogP contribution in [0.5, 0.6) is 0 Å². The van der Waals surface area contributed by atoms with Crippen LogP contribution in [-0.2, 0) is 21.3 Å². The Morgan fingerprint density at radius 1 is 1.42 bits per heavy atom. The molecule has 1 aromatic heterocycles. The number of nitrogens with one attached hydrogen (secondary N) is 2. The Bertz CT molecular complexity index is 495. The second-order valence-corrected chi connectivity index (χ2v) is 7.58. The molecule has 0 amide bonds. The van der Waals surface area contributed by atoms with E-state index < -0.39 is 15.6 Å². The van der Waals surface area contributed by atoms with Crippen LogP contribution < -0.4 is 10.0 Å². The van der Waals surface area contributed by atoms with Crippen LogP contribution in [0, 0.1) is 0 Å². The van der Waals surface area contributed by atoms with E-state index in [2.05, 4.69) is 10.0 Å². The van der Waals surface area contributed by atoms with E-state index >= 15 is 0 Å². The largest absolute Gasteiger partial charge is 0.377 e. The summed E-state index contributed by atoms with van der Waals surface area (Å²) in [5.74, 6) is 0. The van der Waals surface area contributed by atoms with Crippen molar-refractivity contribution in [2.45, 2.75) is 37.8 Å².